The van der Waals surface area contributed by atoms with Crippen molar-refractivity contribution in [2.24, 2.45) is 10.9 Å². The normalized spacial score (nSPS) is 17.3. The SMILES string of the molecule is CN(C)C(=O)CNC(=NCc1ccc(N2CCCC2=O)cc1)NCC1CCCCC1.I. The maximum absolute atomic E-state index is 12.0. The third-order valence-electron chi connectivity index (χ3n) is 5.93. The number of amides is 2. The van der Waals surface area contributed by atoms with Crippen LogP contribution in [0.5, 0.6) is 0 Å². The van der Waals surface area contributed by atoms with Gasteiger partial charge in [0, 0.05) is 39.3 Å². The van der Waals surface area contributed by atoms with Crippen LogP contribution in [-0.2, 0) is 16.1 Å². The fourth-order valence-electron chi connectivity index (χ4n) is 4.00. The monoisotopic (exact) mass is 541 g/mol. The third-order valence-corrected chi connectivity index (χ3v) is 5.93. The van der Waals surface area contributed by atoms with Gasteiger partial charge in [0.25, 0.3) is 0 Å². The maximum atomic E-state index is 12.0. The van der Waals surface area contributed by atoms with E-state index in [1.165, 1.54) is 32.1 Å². The minimum atomic E-state index is 0. The predicted molar refractivity (Wildman–Crippen MR) is 136 cm³/mol. The predicted octanol–water partition coefficient (Wildman–Crippen LogP) is 3.14. The second kappa shape index (κ2) is 12.9. The van der Waals surface area contributed by atoms with Crippen LogP contribution in [-0.4, -0.2) is 56.4 Å². The van der Waals surface area contributed by atoms with E-state index in [4.69, 9.17) is 4.99 Å². The van der Waals surface area contributed by atoms with Crippen molar-refractivity contribution in [3.05, 3.63) is 29.8 Å². The lowest BCUT2D eigenvalue weighted by molar-refractivity contribution is -0.127. The Morgan fingerprint density at radius 2 is 1.81 bits per heavy atom. The van der Waals surface area contributed by atoms with Crippen LogP contribution >= 0.6 is 24.0 Å². The number of hydrogen-bond acceptors (Lipinski definition) is 3. The van der Waals surface area contributed by atoms with Gasteiger partial charge in [0.15, 0.2) is 5.96 Å². The minimum absolute atomic E-state index is 0. The average Bonchev–Trinajstić information content (AvgIpc) is 3.19. The number of likely N-dealkylation sites (N-methyl/N-ethyl adjacent to an activating group) is 1. The van der Waals surface area contributed by atoms with Gasteiger partial charge in [-0.3, -0.25) is 9.59 Å². The van der Waals surface area contributed by atoms with E-state index < -0.39 is 0 Å². The van der Waals surface area contributed by atoms with E-state index in [9.17, 15) is 9.59 Å². The Kier molecular flexibility index (Phi) is 10.6. The zero-order valence-corrected chi connectivity index (χ0v) is 21.1. The van der Waals surface area contributed by atoms with Crippen LogP contribution < -0.4 is 15.5 Å². The standard InChI is InChI=1S/C23H35N5O2.HI/c1-27(2)22(30)17-26-23(24-15-18-7-4-3-5-8-18)25-16-19-10-12-20(13-11-19)28-14-6-9-21(28)29;/h10-13,18H,3-9,14-17H2,1-2H3,(H2,24,25,26);1H. The summed E-state index contributed by atoms with van der Waals surface area (Å²) in [6, 6.07) is 8.03. The van der Waals surface area contributed by atoms with Crippen molar-refractivity contribution in [2.45, 2.75) is 51.5 Å². The quantitative estimate of drug-likeness (QED) is 0.316. The molecular weight excluding hydrogens is 505 g/mol. The van der Waals surface area contributed by atoms with Gasteiger partial charge in [0.1, 0.15) is 0 Å². The number of guanidine groups is 1. The fraction of sp³-hybridized carbons (Fsp3) is 0.609. The Balaban J connectivity index is 0.00000341. The summed E-state index contributed by atoms with van der Waals surface area (Å²) in [5, 5.41) is 6.60. The van der Waals surface area contributed by atoms with Gasteiger partial charge in [-0.1, -0.05) is 31.4 Å². The first-order valence-electron chi connectivity index (χ1n) is 11.1. The van der Waals surface area contributed by atoms with Crippen molar-refractivity contribution >= 4 is 47.4 Å². The summed E-state index contributed by atoms with van der Waals surface area (Å²) in [6.07, 6.45) is 8.03. The van der Waals surface area contributed by atoms with E-state index in [1.54, 1.807) is 19.0 Å². The number of benzene rings is 1. The van der Waals surface area contributed by atoms with Gasteiger partial charge < -0.3 is 20.4 Å². The van der Waals surface area contributed by atoms with Gasteiger partial charge in [-0.15, -0.1) is 24.0 Å². The third kappa shape index (κ3) is 7.97. The number of nitrogens with one attached hydrogen (secondary N) is 2. The molecule has 1 aliphatic heterocycles. The molecule has 0 atom stereocenters. The van der Waals surface area contributed by atoms with Crippen molar-refractivity contribution < 1.29 is 9.59 Å². The number of anilines is 1. The van der Waals surface area contributed by atoms with Crippen LogP contribution in [0.2, 0.25) is 0 Å². The summed E-state index contributed by atoms with van der Waals surface area (Å²) in [4.78, 5) is 32.0. The van der Waals surface area contributed by atoms with Crippen LogP contribution in [0.15, 0.2) is 29.3 Å². The summed E-state index contributed by atoms with van der Waals surface area (Å²) in [7, 11) is 3.51. The molecule has 2 aliphatic rings. The molecule has 1 aromatic carbocycles. The molecule has 0 unspecified atom stereocenters. The van der Waals surface area contributed by atoms with Crippen molar-refractivity contribution in [3.8, 4) is 0 Å². The first-order chi connectivity index (χ1) is 14.5. The van der Waals surface area contributed by atoms with Gasteiger partial charge >= 0.3 is 0 Å². The van der Waals surface area contributed by atoms with Gasteiger partial charge in [0.2, 0.25) is 11.8 Å². The summed E-state index contributed by atoms with van der Waals surface area (Å²) >= 11 is 0. The molecule has 8 heteroatoms. The molecule has 1 heterocycles. The first kappa shape index (κ1) is 25.4. The summed E-state index contributed by atoms with van der Waals surface area (Å²) in [6.45, 7) is 2.43. The summed E-state index contributed by atoms with van der Waals surface area (Å²) in [5.41, 5.74) is 2.03. The van der Waals surface area contributed by atoms with Crippen molar-refractivity contribution in [1.29, 1.82) is 0 Å². The fourth-order valence-corrected chi connectivity index (χ4v) is 4.00. The molecule has 0 aromatic heterocycles. The lowest BCUT2D eigenvalue weighted by Crippen LogP contribution is -2.44. The van der Waals surface area contributed by atoms with Gasteiger partial charge in [-0.05, 0) is 42.9 Å². The maximum Gasteiger partial charge on any atom is 0.241 e. The number of halogens is 1. The largest absolute Gasteiger partial charge is 0.356 e. The van der Waals surface area contributed by atoms with Gasteiger partial charge in [-0.2, -0.15) is 0 Å². The zero-order valence-electron chi connectivity index (χ0n) is 18.7. The Labute approximate surface area is 203 Å². The highest BCUT2D eigenvalue weighted by Crippen LogP contribution is 2.23. The molecule has 31 heavy (non-hydrogen) atoms. The summed E-state index contributed by atoms with van der Waals surface area (Å²) in [5.74, 6) is 1.56. The lowest BCUT2D eigenvalue weighted by atomic mass is 9.89. The molecule has 1 aromatic rings. The number of carbonyl (C=O) groups is 2. The Hall–Kier alpha value is -1.84. The highest BCUT2D eigenvalue weighted by Gasteiger charge is 2.21. The molecule has 3 rings (SSSR count). The Morgan fingerprint density at radius 1 is 1.10 bits per heavy atom. The molecular formula is C23H36IN5O2. The van der Waals surface area contributed by atoms with E-state index in [2.05, 4.69) is 10.6 Å². The van der Waals surface area contributed by atoms with E-state index in [0.717, 1.165) is 30.8 Å². The van der Waals surface area contributed by atoms with E-state index in [-0.39, 0.29) is 42.3 Å². The second-order valence-corrected chi connectivity index (χ2v) is 8.51. The Bertz CT molecular complexity index is 745. The van der Waals surface area contributed by atoms with Crippen molar-refractivity contribution in [1.82, 2.24) is 15.5 Å². The molecule has 1 aliphatic carbocycles. The Morgan fingerprint density at radius 3 is 2.42 bits per heavy atom. The van der Waals surface area contributed by atoms with E-state index >= 15 is 0 Å². The van der Waals surface area contributed by atoms with E-state index in [0.29, 0.717) is 24.8 Å². The van der Waals surface area contributed by atoms with Crippen LogP contribution in [0, 0.1) is 5.92 Å². The zero-order chi connectivity index (χ0) is 21.3. The smallest absolute Gasteiger partial charge is 0.241 e. The van der Waals surface area contributed by atoms with Crippen LogP contribution in [0.1, 0.15) is 50.5 Å². The molecule has 2 fully saturated rings. The van der Waals surface area contributed by atoms with E-state index in [1.807, 2.05) is 29.2 Å². The molecule has 0 bridgehead atoms. The number of rotatable bonds is 7. The minimum Gasteiger partial charge on any atom is -0.356 e. The first-order valence-corrected chi connectivity index (χ1v) is 11.1. The molecule has 0 radical (unpaired) electrons. The topological polar surface area (TPSA) is 77.0 Å². The summed E-state index contributed by atoms with van der Waals surface area (Å²) < 4.78 is 0. The lowest BCUT2D eigenvalue weighted by Gasteiger charge is -2.23. The molecule has 172 valence electrons. The second-order valence-electron chi connectivity index (χ2n) is 8.51. The highest BCUT2D eigenvalue weighted by atomic mass is 127. The number of aliphatic imine (C=N–C) groups is 1. The van der Waals surface area contributed by atoms with Crippen LogP contribution in [0.3, 0.4) is 0 Å². The number of carbonyl (C=O) groups excluding carboxylic acids is 2. The molecule has 2 N–H and O–H groups in total. The highest BCUT2D eigenvalue weighted by molar-refractivity contribution is 14.0. The molecule has 1 saturated carbocycles. The average molecular weight is 541 g/mol. The molecule has 0 spiro atoms. The number of nitrogens with zero attached hydrogens (tertiary/aromatic N) is 3. The van der Waals surface area contributed by atoms with Gasteiger partial charge in [-0.25, -0.2) is 4.99 Å². The van der Waals surface area contributed by atoms with Gasteiger partial charge in [0.05, 0.1) is 13.1 Å². The molecule has 2 amide bonds. The molecule has 1 saturated heterocycles. The van der Waals surface area contributed by atoms with Crippen molar-refractivity contribution in [3.63, 3.8) is 0 Å². The van der Waals surface area contributed by atoms with Crippen LogP contribution in [0.4, 0.5) is 5.69 Å². The van der Waals surface area contributed by atoms with Crippen LogP contribution in [0.25, 0.3) is 0 Å². The molecule has 7 nitrogen and oxygen atoms in total. The van der Waals surface area contributed by atoms with Crippen molar-refractivity contribution in [2.75, 3.05) is 38.6 Å². The number of hydrogen-bond donors (Lipinski definition) is 2.